The molecular weight excluding hydrogens is 383 g/mol. The second-order valence-electron chi connectivity index (χ2n) is 5.66. The minimum absolute atomic E-state index is 0.252. The summed E-state index contributed by atoms with van der Waals surface area (Å²) in [6.45, 7) is 2.48. The second-order valence-corrected chi connectivity index (χ2v) is 7.59. The first-order chi connectivity index (χ1) is 12.0. The fourth-order valence-electron chi connectivity index (χ4n) is 2.76. The van der Waals surface area contributed by atoms with Crippen LogP contribution < -0.4 is 5.32 Å². The maximum Gasteiger partial charge on any atom is 0.254 e. The topological polar surface area (TPSA) is 75.2 Å². The van der Waals surface area contributed by atoms with Crippen LogP contribution in [0.4, 0.5) is 5.13 Å². The number of likely N-dealkylation sites (tertiary alicyclic amines) is 1. The van der Waals surface area contributed by atoms with Crippen LogP contribution in [-0.2, 0) is 11.2 Å². The molecule has 1 atom stereocenters. The van der Waals surface area contributed by atoms with Crippen LogP contribution in [-0.4, -0.2) is 39.5 Å². The van der Waals surface area contributed by atoms with Crippen LogP contribution in [0.2, 0.25) is 10.0 Å². The van der Waals surface area contributed by atoms with Gasteiger partial charge in [0, 0.05) is 22.2 Å². The van der Waals surface area contributed by atoms with E-state index in [1.807, 2.05) is 6.92 Å². The number of amides is 2. The Bertz CT molecular complexity index is 791. The molecule has 1 saturated heterocycles. The van der Waals surface area contributed by atoms with E-state index in [-0.39, 0.29) is 11.8 Å². The average molecular weight is 399 g/mol. The predicted molar refractivity (Wildman–Crippen MR) is 98.4 cm³/mol. The van der Waals surface area contributed by atoms with Gasteiger partial charge in [0.2, 0.25) is 11.0 Å². The normalized spacial score (nSPS) is 16.9. The van der Waals surface area contributed by atoms with Crippen molar-refractivity contribution in [3.8, 4) is 0 Å². The lowest BCUT2D eigenvalue weighted by molar-refractivity contribution is -0.119. The molecule has 0 spiro atoms. The first-order valence-electron chi connectivity index (χ1n) is 7.88. The summed E-state index contributed by atoms with van der Waals surface area (Å²) >= 11 is 13.3. The number of anilines is 1. The van der Waals surface area contributed by atoms with Crippen LogP contribution in [0.15, 0.2) is 18.2 Å². The van der Waals surface area contributed by atoms with Crippen molar-refractivity contribution in [1.82, 2.24) is 15.1 Å². The number of carbonyl (C=O) groups excluding carboxylic acids is 2. The molecule has 1 N–H and O–H groups in total. The van der Waals surface area contributed by atoms with Crippen molar-refractivity contribution in [3.63, 3.8) is 0 Å². The van der Waals surface area contributed by atoms with Gasteiger partial charge in [0.1, 0.15) is 11.0 Å². The Morgan fingerprint density at radius 3 is 2.64 bits per heavy atom. The number of halogens is 2. The molecule has 3 rings (SSSR count). The molecule has 1 aliphatic heterocycles. The van der Waals surface area contributed by atoms with E-state index in [2.05, 4.69) is 15.5 Å². The summed E-state index contributed by atoms with van der Waals surface area (Å²) in [5, 5.41) is 12.8. The quantitative estimate of drug-likeness (QED) is 0.852. The highest BCUT2D eigenvalue weighted by Gasteiger charge is 2.35. The molecule has 2 aromatic rings. The molecule has 1 fully saturated rings. The predicted octanol–water partition coefficient (Wildman–Crippen LogP) is 3.65. The van der Waals surface area contributed by atoms with Crippen molar-refractivity contribution in [2.75, 3.05) is 11.9 Å². The number of rotatable bonds is 4. The smallest absolute Gasteiger partial charge is 0.254 e. The SMILES string of the molecule is CCc1nnc(NC(=O)[C@H]2CCCN2C(=O)c2cc(Cl)cc(Cl)c2)s1. The number of hydrogen-bond acceptors (Lipinski definition) is 5. The van der Waals surface area contributed by atoms with Crippen LogP contribution in [0.3, 0.4) is 0 Å². The maximum absolute atomic E-state index is 12.8. The molecule has 2 amide bonds. The maximum atomic E-state index is 12.8. The van der Waals surface area contributed by atoms with Crippen molar-refractivity contribution in [3.05, 3.63) is 38.8 Å². The Hall–Kier alpha value is -1.70. The van der Waals surface area contributed by atoms with Crippen molar-refractivity contribution >= 4 is 51.5 Å². The molecule has 9 heteroatoms. The Morgan fingerprint density at radius 1 is 1.28 bits per heavy atom. The summed E-state index contributed by atoms with van der Waals surface area (Å²) in [6.07, 6.45) is 2.12. The van der Waals surface area contributed by atoms with E-state index in [0.717, 1.165) is 17.8 Å². The molecule has 0 bridgehead atoms. The highest BCUT2D eigenvalue weighted by Crippen LogP contribution is 2.25. The van der Waals surface area contributed by atoms with Gasteiger partial charge in [0.05, 0.1) is 0 Å². The van der Waals surface area contributed by atoms with E-state index >= 15 is 0 Å². The zero-order valence-electron chi connectivity index (χ0n) is 13.5. The molecule has 25 heavy (non-hydrogen) atoms. The van der Waals surface area contributed by atoms with Gasteiger partial charge >= 0.3 is 0 Å². The number of aromatic nitrogens is 2. The third-order valence-corrected chi connectivity index (χ3v) is 5.34. The highest BCUT2D eigenvalue weighted by molar-refractivity contribution is 7.15. The summed E-state index contributed by atoms with van der Waals surface area (Å²) in [7, 11) is 0. The largest absolute Gasteiger partial charge is 0.327 e. The Kier molecular flexibility index (Phi) is 5.56. The minimum Gasteiger partial charge on any atom is -0.327 e. The molecule has 132 valence electrons. The Morgan fingerprint density at radius 2 is 2.00 bits per heavy atom. The van der Waals surface area contributed by atoms with Crippen LogP contribution in [0.25, 0.3) is 0 Å². The third kappa shape index (κ3) is 4.11. The number of hydrogen-bond donors (Lipinski definition) is 1. The number of nitrogens with zero attached hydrogens (tertiary/aromatic N) is 3. The van der Waals surface area contributed by atoms with E-state index in [0.29, 0.717) is 33.7 Å². The van der Waals surface area contributed by atoms with Crippen molar-refractivity contribution < 1.29 is 9.59 Å². The molecule has 0 saturated carbocycles. The Labute approximate surface area is 159 Å². The van der Waals surface area contributed by atoms with Gasteiger partial charge in [-0.05, 0) is 37.5 Å². The van der Waals surface area contributed by atoms with Gasteiger partial charge in [-0.3, -0.25) is 14.9 Å². The van der Waals surface area contributed by atoms with E-state index < -0.39 is 6.04 Å². The van der Waals surface area contributed by atoms with Crippen molar-refractivity contribution in [1.29, 1.82) is 0 Å². The molecule has 6 nitrogen and oxygen atoms in total. The van der Waals surface area contributed by atoms with Crippen molar-refractivity contribution in [2.45, 2.75) is 32.2 Å². The molecule has 1 aromatic carbocycles. The molecule has 0 radical (unpaired) electrons. The molecule has 1 aromatic heterocycles. The van der Waals surface area contributed by atoms with Gasteiger partial charge in [0.25, 0.3) is 5.91 Å². The number of carbonyl (C=O) groups is 2. The van der Waals surface area contributed by atoms with Crippen molar-refractivity contribution in [2.24, 2.45) is 0 Å². The summed E-state index contributed by atoms with van der Waals surface area (Å²) in [5.41, 5.74) is 0.376. The van der Waals surface area contributed by atoms with Gasteiger partial charge in [-0.15, -0.1) is 10.2 Å². The second kappa shape index (κ2) is 7.68. The van der Waals surface area contributed by atoms with Crippen LogP contribution in [0.5, 0.6) is 0 Å². The Balaban J connectivity index is 1.75. The standard InChI is InChI=1S/C16H16Cl2N4O2S/c1-2-13-20-21-16(25-13)19-14(23)12-4-3-5-22(12)15(24)9-6-10(17)8-11(18)7-9/h6-8,12H,2-5H2,1H3,(H,19,21,23)/t12-/m1/s1. The number of nitrogens with one attached hydrogen (secondary N) is 1. The zero-order chi connectivity index (χ0) is 18.0. The molecule has 0 unspecified atom stereocenters. The molecular formula is C16H16Cl2N4O2S. The third-order valence-electron chi connectivity index (χ3n) is 3.93. The first-order valence-corrected chi connectivity index (χ1v) is 9.45. The lowest BCUT2D eigenvalue weighted by atomic mass is 10.1. The highest BCUT2D eigenvalue weighted by atomic mass is 35.5. The van der Waals surface area contributed by atoms with E-state index in [4.69, 9.17) is 23.2 Å². The average Bonchev–Trinajstić information content (AvgIpc) is 3.22. The lowest BCUT2D eigenvalue weighted by Gasteiger charge is -2.23. The molecule has 0 aliphatic carbocycles. The monoisotopic (exact) mass is 398 g/mol. The van der Waals surface area contributed by atoms with E-state index in [9.17, 15) is 9.59 Å². The fraction of sp³-hybridized carbons (Fsp3) is 0.375. The van der Waals surface area contributed by atoms with Gasteiger partial charge in [0.15, 0.2) is 0 Å². The molecule has 2 heterocycles. The number of aryl methyl sites for hydroxylation is 1. The van der Waals surface area contributed by atoms with E-state index in [1.54, 1.807) is 23.1 Å². The van der Waals surface area contributed by atoms with E-state index in [1.165, 1.54) is 11.3 Å². The first kappa shape index (κ1) is 18.1. The summed E-state index contributed by atoms with van der Waals surface area (Å²) in [6, 6.07) is 4.14. The van der Waals surface area contributed by atoms with Gasteiger partial charge in [-0.1, -0.05) is 41.5 Å². The van der Waals surface area contributed by atoms with Gasteiger partial charge in [-0.25, -0.2) is 0 Å². The van der Waals surface area contributed by atoms with Crippen LogP contribution in [0, 0.1) is 0 Å². The number of benzene rings is 1. The summed E-state index contributed by atoms with van der Waals surface area (Å²) < 4.78 is 0. The van der Waals surface area contributed by atoms with Crippen LogP contribution in [0.1, 0.15) is 35.1 Å². The van der Waals surface area contributed by atoms with Crippen LogP contribution >= 0.6 is 34.5 Å². The van der Waals surface area contributed by atoms with Gasteiger partial charge < -0.3 is 4.90 Å². The molecule has 1 aliphatic rings. The lowest BCUT2D eigenvalue weighted by Crippen LogP contribution is -2.43. The minimum atomic E-state index is -0.542. The summed E-state index contributed by atoms with van der Waals surface area (Å²) in [5.74, 6) is -0.508. The fourth-order valence-corrected chi connectivity index (χ4v) is 3.97. The summed E-state index contributed by atoms with van der Waals surface area (Å²) in [4.78, 5) is 26.9. The zero-order valence-corrected chi connectivity index (χ0v) is 15.8. The van der Waals surface area contributed by atoms with Gasteiger partial charge in [-0.2, -0.15) is 0 Å².